The Balaban J connectivity index is 0.000000313. The number of nitrogens with zero attached hydrogens (tertiary/aromatic N) is 6. The van der Waals surface area contributed by atoms with Crippen LogP contribution in [0.2, 0.25) is 0 Å². The summed E-state index contributed by atoms with van der Waals surface area (Å²) in [6.07, 6.45) is 10.6. The Hall–Kier alpha value is -5.60. The van der Waals surface area contributed by atoms with Crippen LogP contribution in [0, 0.1) is 27.7 Å². The van der Waals surface area contributed by atoms with Crippen LogP contribution in [0.4, 0.5) is 23.1 Å². The van der Waals surface area contributed by atoms with Gasteiger partial charge in [0.2, 0.25) is 39.9 Å². The fraction of sp³-hybridized carbons (Fsp3) is 0.258. The van der Waals surface area contributed by atoms with Crippen molar-refractivity contribution < 1.29 is 4.79 Å². The molecule has 0 aromatic carbocycles. The number of allylic oxidation sites excluding steroid dienone is 4. The minimum absolute atomic E-state index is 0.105. The molecule has 4 aromatic rings. The first-order valence-corrected chi connectivity index (χ1v) is 15.5. The van der Waals surface area contributed by atoms with Crippen LogP contribution >= 0.6 is 0 Å². The van der Waals surface area contributed by atoms with Gasteiger partial charge in [0, 0.05) is 41.5 Å². The van der Waals surface area contributed by atoms with Crippen LogP contribution in [0.1, 0.15) is 42.9 Å². The quantitative estimate of drug-likeness (QED) is 0.143. The van der Waals surface area contributed by atoms with E-state index in [1.165, 1.54) is 0 Å². The average molecular weight is 690 g/mol. The van der Waals surface area contributed by atoms with Crippen molar-refractivity contribution in [3.05, 3.63) is 95.1 Å². The number of amidine groups is 2. The first-order valence-electron chi connectivity index (χ1n) is 15.5. The van der Waals surface area contributed by atoms with Crippen molar-refractivity contribution in [2.45, 2.75) is 48.0 Å². The van der Waals surface area contributed by atoms with Crippen molar-refractivity contribution in [2.24, 2.45) is 9.90 Å². The largest absolute Gasteiger partial charge is 0.440 e. The van der Waals surface area contributed by atoms with Crippen LogP contribution in [0.15, 0.2) is 82.4 Å². The van der Waals surface area contributed by atoms with Crippen LogP contribution in [-0.4, -0.2) is 102 Å². The zero-order valence-corrected chi connectivity index (χ0v) is 30.2. The van der Waals surface area contributed by atoms with Gasteiger partial charge in [-0.25, -0.2) is 9.97 Å². The van der Waals surface area contributed by atoms with Gasteiger partial charge in [-0.3, -0.25) is 19.9 Å². The van der Waals surface area contributed by atoms with E-state index in [1.807, 2.05) is 71.9 Å². The van der Waals surface area contributed by atoms with Crippen molar-refractivity contribution in [3.63, 3.8) is 0 Å². The number of aromatic amines is 2. The van der Waals surface area contributed by atoms with Crippen LogP contribution in [-0.2, 0) is 4.79 Å². The second-order valence-electron chi connectivity index (χ2n) is 10.7. The van der Waals surface area contributed by atoms with E-state index in [-0.39, 0.29) is 5.78 Å². The summed E-state index contributed by atoms with van der Waals surface area (Å²) < 4.78 is 0. The molecule has 5 heterocycles. The topological polar surface area (TPSA) is 197 Å². The molecule has 4 aromatic heterocycles. The molecule has 0 unspecified atom stereocenters. The Bertz CT molecular complexity index is 1730. The molecular weight excluding hydrogens is 649 g/mol. The predicted molar refractivity (Wildman–Crippen MR) is 217 cm³/mol. The molecule has 1 aliphatic heterocycles. The summed E-state index contributed by atoms with van der Waals surface area (Å²) in [6, 6.07) is 7.48. The maximum atomic E-state index is 10.8. The number of carbonyl (C=O) groups is 1. The van der Waals surface area contributed by atoms with Gasteiger partial charge in [-0.2, -0.15) is 5.10 Å². The fourth-order valence-electron chi connectivity index (χ4n) is 3.74. The van der Waals surface area contributed by atoms with Gasteiger partial charge in [-0.15, -0.1) is 0 Å². The van der Waals surface area contributed by atoms with Crippen LogP contribution in [0.25, 0.3) is 0 Å². The normalized spacial score (nSPS) is 12.9. The third kappa shape index (κ3) is 19.0. The SMILES string of the molecule is [B]N=C1CN=C(C)N1.[B]NC1=CC(C)=CC(=O)C1.[B]Nc1[nH]ncc1C.[B]Nc1cc(C)ccn1.[B]Nc1ccnc(C)c1.[B]Nc1cnc(C)[nH]1. The standard InChI is InChI=1S/C7H8BNO.2C6H7BN2.3C4H6BN3/c1-5-2-6(9-8)4-7(10)3-5;1-5-4-6(9-7)2-3-8-5;1-5-2-3-8-6(4-5)9-7;2*1-3-6-2-4(7-3)8-5;1-3-2-6-8-4(3)7-5/h2-3,9H,4H2,1H3;2*2-4H,1H3,(H,8,9);2H2,1H3,(H,6,7,8);2,8H,1H3,(H,6,7);2H,1H3,(H2,6,7,8). The molecule has 0 saturated carbocycles. The van der Waals surface area contributed by atoms with Gasteiger partial charge in [0.1, 0.15) is 29.1 Å². The van der Waals surface area contributed by atoms with E-state index >= 15 is 0 Å². The molecule has 0 fully saturated rings. The number of rotatable bonds is 5. The van der Waals surface area contributed by atoms with E-state index in [4.69, 9.17) is 47.9 Å². The lowest BCUT2D eigenvalue weighted by Gasteiger charge is -2.09. The number of ketones is 1. The lowest BCUT2D eigenvalue weighted by atomic mass is 10.0. The number of nitrogens with one attached hydrogen (secondary N) is 8. The first kappa shape index (κ1) is 44.4. The molecule has 0 saturated heterocycles. The summed E-state index contributed by atoms with van der Waals surface area (Å²) in [5.74, 6) is 4.80. The summed E-state index contributed by atoms with van der Waals surface area (Å²) in [7, 11) is 30.4. The Morgan fingerprint density at radius 1 is 0.808 bits per heavy atom. The highest BCUT2D eigenvalue weighted by molar-refractivity contribution is 6.17. The molecule has 0 bridgehead atoms. The summed E-state index contributed by atoms with van der Waals surface area (Å²) >= 11 is 0. The number of aromatic nitrogens is 6. The summed E-state index contributed by atoms with van der Waals surface area (Å²) in [4.78, 5) is 32.9. The van der Waals surface area contributed by atoms with E-state index in [0.717, 1.165) is 62.9 Å². The van der Waals surface area contributed by atoms with Crippen LogP contribution in [0.5, 0.6) is 0 Å². The van der Waals surface area contributed by atoms with Crippen LogP contribution in [0.3, 0.4) is 0 Å². The second kappa shape index (κ2) is 25.4. The van der Waals surface area contributed by atoms with Crippen molar-refractivity contribution in [2.75, 3.05) is 27.5 Å². The highest BCUT2D eigenvalue weighted by atomic mass is 16.1. The zero-order valence-electron chi connectivity index (χ0n) is 30.2. The molecular formula is C31H40B6N14O. The van der Waals surface area contributed by atoms with Crippen molar-refractivity contribution >= 4 is 88.5 Å². The third-order valence-corrected chi connectivity index (χ3v) is 6.25. The Labute approximate surface area is 313 Å². The Morgan fingerprint density at radius 3 is 1.90 bits per heavy atom. The molecule has 21 heteroatoms. The summed E-state index contributed by atoms with van der Waals surface area (Å²) in [5, 5.41) is 21.6. The van der Waals surface area contributed by atoms with E-state index in [2.05, 4.69) is 71.5 Å². The van der Waals surface area contributed by atoms with Gasteiger partial charge < -0.3 is 41.3 Å². The van der Waals surface area contributed by atoms with Gasteiger partial charge in [0.25, 0.3) is 7.98 Å². The van der Waals surface area contributed by atoms with E-state index in [1.54, 1.807) is 30.9 Å². The third-order valence-electron chi connectivity index (χ3n) is 6.25. The predicted octanol–water partition coefficient (Wildman–Crippen LogP) is 2.15. The molecule has 0 atom stereocenters. The lowest BCUT2D eigenvalue weighted by Crippen LogP contribution is -2.22. The molecule has 15 nitrogen and oxygen atoms in total. The minimum Gasteiger partial charge on any atom is -0.440 e. The average Bonchev–Trinajstić information content (AvgIpc) is 3.89. The highest BCUT2D eigenvalue weighted by Crippen LogP contribution is 2.11. The fourth-order valence-corrected chi connectivity index (χ4v) is 3.74. The summed E-state index contributed by atoms with van der Waals surface area (Å²) in [6.45, 7) is 12.0. The van der Waals surface area contributed by atoms with E-state index in [9.17, 15) is 4.79 Å². The highest BCUT2D eigenvalue weighted by Gasteiger charge is 2.07. The molecule has 6 rings (SSSR count). The Morgan fingerprint density at radius 2 is 1.54 bits per heavy atom. The van der Waals surface area contributed by atoms with Gasteiger partial charge >= 0.3 is 0 Å². The number of H-pyrrole nitrogens is 2. The molecule has 258 valence electrons. The number of hydrogen-bond donors (Lipinski definition) is 8. The minimum atomic E-state index is 0.105. The van der Waals surface area contributed by atoms with Gasteiger partial charge in [0.15, 0.2) is 5.78 Å². The van der Waals surface area contributed by atoms with Crippen molar-refractivity contribution in [3.8, 4) is 0 Å². The lowest BCUT2D eigenvalue weighted by molar-refractivity contribution is -0.114. The second-order valence-corrected chi connectivity index (χ2v) is 10.7. The number of hydrogen-bond acceptors (Lipinski definition) is 12. The molecule has 0 amide bonds. The van der Waals surface area contributed by atoms with Gasteiger partial charge in [-0.05, 0) is 89.1 Å². The monoisotopic (exact) mass is 690 g/mol. The molecule has 1 aliphatic carbocycles. The molecule has 52 heavy (non-hydrogen) atoms. The number of imidazole rings is 1. The number of pyridine rings is 2. The Kier molecular flexibility index (Phi) is 21.7. The molecule has 8 N–H and O–H groups in total. The van der Waals surface area contributed by atoms with Crippen molar-refractivity contribution in [1.82, 2.24) is 40.7 Å². The molecule has 12 radical (unpaired) electrons. The van der Waals surface area contributed by atoms with Crippen molar-refractivity contribution in [1.29, 1.82) is 0 Å². The van der Waals surface area contributed by atoms with Gasteiger partial charge in [-0.1, -0.05) is 0 Å². The van der Waals surface area contributed by atoms with E-state index in [0.29, 0.717) is 18.8 Å². The number of aliphatic imine (C=N–C) groups is 1. The number of carbonyl (C=O) groups excluding carboxylic acids is 1. The maximum absolute atomic E-state index is 10.8. The van der Waals surface area contributed by atoms with E-state index < -0.39 is 0 Å². The maximum Gasteiger partial charge on any atom is 0.261 e. The number of anilines is 4. The van der Waals surface area contributed by atoms with Crippen LogP contribution < -0.4 is 31.5 Å². The first-order chi connectivity index (χ1) is 24.9. The summed E-state index contributed by atoms with van der Waals surface area (Å²) in [5.41, 5.74) is 5.76. The van der Waals surface area contributed by atoms with Gasteiger partial charge in [0.05, 0.1) is 24.8 Å². The zero-order chi connectivity index (χ0) is 38.9. The number of aryl methyl sites for hydroxylation is 4. The smallest absolute Gasteiger partial charge is 0.261 e. The molecule has 0 spiro atoms. The molecule has 2 aliphatic rings.